The maximum atomic E-state index is 12.7. The van der Waals surface area contributed by atoms with Gasteiger partial charge in [-0.15, -0.1) is 0 Å². The van der Waals surface area contributed by atoms with E-state index in [1.54, 1.807) is 0 Å². The molecular weight excluding hydrogens is 342 g/mol. The third-order valence-electron chi connectivity index (χ3n) is 4.46. The fourth-order valence-electron chi connectivity index (χ4n) is 3.07. The smallest absolute Gasteiger partial charge is 0.287 e. The maximum absolute atomic E-state index is 12.7. The molecule has 1 aromatic heterocycles. The molecule has 0 fully saturated rings. The van der Waals surface area contributed by atoms with E-state index < -0.39 is 0 Å². The van der Waals surface area contributed by atoms with Crippen molar-refractivity contribution in [2.24, 2.45) is 0 Å². The average Bonchev–Trinajstić information content (AvgIpc) is 3.00. The average molecular weight is 367 g/mol. The second kappa shape index (κ2) is 8.16. The van der Waals surface area contributed by atoms with E-state index in [9.17, 15) is 4.79 Å². The Morgan fingerprint density at radius 1 is 1.07 bits per heavy atom. The number of nitrogens with one attached hydrogen (secondary N) is 1. The van der Waals surface area contributed by atoms with Crippen LogP contribution in [0.1, 0.15) is 48.5 Å². The monoisotopic (exact) mass is 367 g/mol. The minimum atomic E-state index is -0.233. The molecule has 0 aliphatic carbocycles. The molecule has 0 spiro atoms. The van der Waals surface area contributed by atoms with Gasteiger partial charge in [0.15, 0.2) is 17.3 Å². The zero-order valence-corrected chi connectivity index (χ0v) is 16.2. The molecule has 1 unspecified atom stereocenters. The third-order valence-corrected chi connectivity index (χ3v) is 4.46. The Hall–Kier alpha value is -2.95. The van der Waals surface area contributed by atoms with Gasteiger partial charge in [-0.1, -0.05) is 24.3 Å². The van der Waals surface area contributed by atoms with E-state index in [0.29, 0.717) is 36.1 Å². The number of ether oxygens (including phenoxy) is 2. The molecule has 2 aromatic carbocycles. The molecule has 0 radical (unpaired) electrons. The molecule has 0 aliphatic heterocycles. The number of amides is 1. The van der Waals surface area contributed by atoms with Gasteiger partial charge in [0, 0.05) is 10.9 Å². The van der Waals surface area contributed by atoms with Crippen LogP contribution >= 0.6 is 0 Å². The quantitative estimate of drug-likeness (QED) is 0.636. The molecule has 3 aromatic rings. The molecule has 1 N–H and O–H groups in total. The first-order chi connectivity index (χ1) is 13.0. The number of carbonyl (C=O) groups is 1. The summed E-state index contributed by atoms with van der Waals surface area (Å²) in [5.74, 6) is 1.50. The lowest BCUT2D eigenvalue weighted by molar-refractivity contribution is 0.0913. The summed E-state index contributed by atoms with van der Waals surface area (Å²) in [6.45, 7) is 8.80. The Balaban J connectivity index is 1.81. The van der Waals surface area contributed by atoms with Crippen LogP contribution in [0.2, 0.25) is 0 Å². The number of hydrogen-bond acceptors (Lipinski definition) is 4. The number of hydrogen-bond donors (Lipinski definition) is 1. The highest BCUT2D eigenvalue weighted by Crippen LogP contribution is 2.31. The lowest BCUT2D eigenvalue weighted by Gasteiger charge is -2.17. The summed E-state index contributed by atoms with van der Waals surface area (Å²) in [5, 5.41) is 3.96. The SMILES string of the molecule is CCOc1ccc(C(C)NC(=O)c2oc3ccccc3c2C)cc1OCC. The highest BCUT2D eigenvalue weighted by atomic mass is 16.5. The molecule has 142 valence electrons. The van der Waals surface area contributed by atoms with Gasteiger partial charge in [-0.25, -0.2) is 0 Å². The van der Waals surface area contributed by atoms with Crippen molar-refractivity contribution in [1.29, 1.82) is 0 Å². The van der Waals surface area contributed by atoms with Crippen LogP contribution in [0.4, 0.5) is 0 Å². The molecule has 1 amide bonds. The van der Waals surface area contributed by atoms with Crippen LogP contribution in [0, 0.1) is 6.92 Å². The number of aryl methyl sites for hydroxylation is 1. The fourth-order valence-corrected chi connectivity index (χ4v) is 3.07. The summed E-state index contributed by atoms with van der Waals surface area (Å²) in [4.78, 5) is 12.7. The van der Waals surface area contributed by atoms with Gasteiger partial charge in [-0.3, -0.25) is 4.79 Å². The molecule has 0 saturated carbocycles. The Morgan fingerprint density at radius 2 is 1.78 bits per heavy atom. The number of furan rings is 1. The number of benzene rings is 2. The third kappa shape index (κ3) is 3.92. The van der Waals surface area contributed by atoms with Gasteiger partial charge in [0.1, 0.15) is 5.58 Å². The van der Waals surface area contributed by atoms with E-state index in [-0.39, 0.29) is 11.9 Å². The van der Waals surface area contributed by atoms with Crippen molar-refractivity contribution in [3.8, 4) is 11.5 Å². The number of fused-ring (bicyclic) bond motifs is 1. The predicted octanol–water partition coefficient (Wildman–Crippen LogP) is 5.03. The van der Waals surface area contributed by atoms with Crippen LogP contribution in [0.25, 0.3) is 11.0 Å². The number of para-hydroxylation sites is 1. The van der Waals surface area contributed by atoms with Gasteiger partial charge < -0.3 is 19.2 Å². The summed E-state index contributed by atoms with van der Waals surface area (Å²) in [6, 6.07) is 13.2. The first-order valence-corrected chi connectivity index (χ1v) is 9.23. The minimum Gasteiger partial charge on any atom is -0.490 e. The Bertz CT molecular complexity index is 945. The van der Waals surface area contributed by atoms with Crippen LogP contribution in [-0.4, -0.2) is 19.1 Å². The lowest BCUT2D eigenvalue weighted by atomic mass is 10.1. The molecular formula is C22H25NO4. The van der Waals surface area contributed by atoms with Crippen LogP contribution in [0.15, 0.2) is 46.9 Å². The summed E-state index contributed by atoms with van der Waals surface area (Å²) in [7, 11) is 0. The normalized spacial score (nSPS) is 12.0. The largest absolute Gasteiger partial charge is 0.490 e. The van der Waals surface area contributed by atoms with Crippen molar-refractivity contribution in [3.63, 3.8) is 0 Å². The van der Waals surface area contributed by atoms with Crippen molar-refractivity contribution >= 4 is 16.9 Å². The van der Waals surface area contributed by atoms with E-state index in [1.165, 1.54) is 0 Å². The van der Waals surface area contributed by atoms with Crippen molar-refractivity contribution in [2.45, 2.75) is 33.7 Å². The lowest BCUT2D eigenvalue weighted by Crippen LogP contribution is -2.26. The standard InChI is InChI=1S/C22H25NO4/c1-5-25-19-12-11-16(13-20(19)26-6-2)15(4)23-22(24)21-14(3)17-9-7-8-10-18(17)27-21/h7-13,15H,5-6H2,1-4H3,(H,23,24). The highest BCUT2D eigenvalue weighted by molar-refractivity contribution is 5.99. The Labute approximate surface area is 159 Å². The van der Waals surface area contributed by atoms with Gasteiger partial charge in [-0.05, 0) is 51.5 Å². The Morgan fingerprint density at radius 3 is 2.48 bits per heavy atom. The molecule has 27 heavy (non-hydrogen) atoms. The van der Waals surface area contributed by atoms with Crippen LogP contribution in [0.5, 0.6) is 11.5 Å². The highest BCUT2D eigenvalue weighted by Gasteiger charge is 2.20. The molecule has 1 atom stereocenters. The van der Waals surface area contributed by atoms with Gasteiger partial charge in [0.05, 0.1) is 19.3 Å². The van der Waals surface area contributed by atoms with E-state index in [1.807, 2.05) is 70.2 Å². The molecule has 0 bridgehead atoms. The van der Waals surface area contributed by atoms with Crippen molar-refractivity contribution in [3.05, 3.63) is 59.4 Å². The number of rotatable bonds is 7. The van der Waals surface area contributed by atoms with E-state index in [0.717, 1.165) is 16.5 Å². The molecule has 0 aliphatic rings. The van der Waals surface area contributed by atoms with Gasteiger partial charge in [0.2, 0.25) is 0 Å². The topological polar surface area (TPSA) is 60.7 Å². The van der Waals surface area contributed by atoms with Gasteiger partial charge in [-0.2, -0.15) is 0 Å². The second-order valence-electron chi connectivity index (χ2n) is 6.32. The van der Waals surface area contributed by atoms with Crippen molar-refractivity contribution in [1.82, 2.24) is 5.32 Å². The van der Waals surface area contributed by atoms with E-state index in [4.69, 9.17) is 13.9 Å². The van der Waals surface area contributed by atoms with Crippen LogP contribution in [-0.2, 0) is 0 Å². The van der Waals surface area contributed by atoms with Crippen LogP contribution in [0.3, 0.4) is 0 Å². The van der Waals surface area contributed by atoms with Crippen molar-refractivity contribution < 1.29 is 18.7 Å². The summed E-state index contributed by atoms with van der Waals surface area (Å²) < 4.78 is 17.0. The van der Waals surface area contributed by atoms with Gasteiger partial charge in [0.25, 0.3) is 5.91 Å². The summed E-state index contributed by atoms with van der Waals surface area (Å²) in [6.07, 6.45) is 0. The first-order valence-electron chi connectivity index (χ1n) is 9.23. The Kier molecular flexibility index (Phi) is 5.69. The minimum absolute atomic E-state index is 0.208. The van der Waals surface area contributed by atoms with Gasteiger partial charge >= 0.3 is 0 Å². The molecule has 0 saturated heterocycles. The fraction of sp³-hybridized carbons (Fsp3) is 0.318. The summed E-state index contributed by atoms with van der Waals surface area (Å²) in [5.41, 5.74) is 2.49. The van der Waals surface area contributed by atoms with Crippen molar-refractivity contribution in [2.75, 3.05) is 13.2 Å². The molecule has 1 heterocycles. The summed E-state index contributed by atoms with van der Waals surface area (Å²) >= 11 is 0. The van der Waals surface area contributed by atoms with E-state index in [2.05, 4.69) is 5.32 Å². The van der Waals surface area contributed by atoms with E-state index >= 15 is 0 Å². The number of carbonyl (C=O) groups excluding carboxylic acids is 1. The molecule has 5 nitrogen and oxygen atoms in total. The first kappa shape index (κ1) is 18.8. The predicted molar refractivity (Wildman–Crippen MR) is 106 cm³/mol. The molecule has 5 heteroatoms. The zero-order chi connectivity index (χ0) is 19.4. The zero-order valence-electron chi connectivity index (χ0n) is 16.2. The van der Waals surface area contributed by atoms with Crippen LogP contribution < -0.4 is 14.8 Å². The second-order valence-corrected chi connectivity index (χ2v) is 6.32. The molecule has 3 rings (SSSR count). The maximum Gasteiger partial charge on any atom is 0.287 e.